The molecule has 2 N–H and O–H groups in total. The average molecular weight is 274 g/mol. The Morgan fingerprint density at radius 2 is 1.73 bits per heavy atom. The second-order valence-electron chi connectivity index (χ2n) is 3.38. The molecule has 0 aliphatic carbocycles. The first-order valence-corrected chi connectivity index (χ1v) is 5.54. The van der Waals surface area contributed by atoms with Gasteiger partial charge in [0, 0.05) is 0 Å². The van der Waals surface area contributed by atoms with Crippen molar-refractivity contribution in [2.75, 3.05) is 20.8 Å². The third-order valence-electron chi connectivity index (χ3n) is 2.39. The molecule has 3 nitrogen and oxygen atoms in total. The number of ether oxygens (including phenoxy) is 2. The Kier molecular flexibility index (Phi) is 4.42. The van der Waals surface area contributed by atoms with Gasteiger partial charge in [0.1, 0.15) is 16.0 Å². The van der Waals surface area contributed by atoms with Gasteiger partial charge in [-0.3, -0.25) is 0 Å². The normalized spacial score (nSPS) is 12.3. The molecule has 0 spiro atoms. The molecule has 1 rings (SSSR count). The van der Waals surface area contributed by atoms with Crippen molar-refractivity contribution >= 4 is 15.9 Å². The summed E-state index contributed by atoms with van der Waals surface area (Å²) in [4.78, 5) is 0. The second-order valence-corrected chi connectivity index (χ2v) is 4.17. The Bertz CT molecular complexity index is 316. The molecule has 0 bridgehead atoms. The molecule has 0 saturated heterocycles. The highest BCUT2D eigenvalue weighted by Crippen LogP contribution is 2.37. The van der Waals surface area contributed by atoms with E-state index in [1.807, 2.05) is 12.1 Å². The van der Waals surface area contributed by atoms with Gasteiger partial charge in [-0.15, -0.1) is 0 Å². The third-order valence-corrected chi connectivity index (χ3v) is 3.17. The van der Waals surface area contributed by atoms with Gasteiger partial charge in [0.05, 0.1) is 14.2 Å². The van der Waals surface area contributed by atoms with Crippen molar-refractivity contribution in [1.82, 2.24) is 0 Å². The predicted octanol–water partition coefficient (Wildman–Crippen LogP) is 2.53. The lowest BCUT2D eigenvalue weighted by Gasteiger charge is -2.14. The van der Waals surface area contributed by atoms with E-state index in [-0.39, 0.29) is 0 Å². The van der Waals surface area contributed by atoms with Gasteiger partial charge in [0.25, 0.3) is 0 Å². The number of rotatable bonds is 4. The first-order chi connectivity index (χ1) is 7.13. The van der Waals surface area contributed by atoms with Crippen molar-refractivity contribution in [2.24, 2.45) is 5.73 Å². The van der Waals surface area contributed by atoms with Gasteiger partial charge in [-0.25, -0.2) is 0 Å². The van der Waals surface area contributed by atoms with E-state index in [0.717, 1.165) is 21.5 Å². The fraction of sp³-hybridized carbons (Fsp3) is 0.455. The largest absolute Gasteiger partial charge is 0.495 e. The molecule has 1 atom stereocenters. The summed E-state index contributed by atoms with van der Waals surface area (Å²) in [6.45, 7) is 2.68. The van der Waals surface area contributed by atoms with Crippen LogP contribution in [0.4, 0.5) is 0 Å². The van der Waals surface area contributed by atoms with Gasteiger partial charge in [0.15, 0.2) is 0 Å². The molecule has 0 fully saturated rings. The van der Waals surface area contributed by atoms with E-state index in [0.29, 0.717) is 12.5 Å². The van der Waals surface area contributed by atoms with E-state index in [4.69, 9.17) is 15.2 Å². The fourth-order valence-corrected chi connectivity index (χ4v) is 1.86. The Labute approximate surface area is 98.7 Å². The number of hydrogen-bond donors (Lipinski definition) is 1. The number of methoxy groups -OCH3 is 2. The highest BCUT2D eigenvalue weighted by Gasteiger charge is 2.12. The van der Waals surface area contributed by atoms with Crippen molar-refractivity contribution in [2.45, 2.75) is 12.8 Å². The van der Waals surface area contributed by atoms with Crippen LogP contribution in [-0.2, 0) is 0 Å². The van der Waals surface area contributed by atoms with Crippen LogP contribution in [0.15, 0.2) is 16.6 Å². The highest BCUT2D eigenvalue weighted by molar-refractivity contribution is 9.10. The summed E-state index contributed by atoms with van der Waals surface area (Å²) in [7, 11) is 3.27. The van der Waals surface area contributed by atoms with Crippen molar-refractivity contribution in [3.8, 4) is 11.5 Å². The highest BCUT2D eigenvalue weighted by atomic mass is 79.9. The molecule has 0 heterocycles. The van der Waals surface area contributed by atoms with E-state index in [2.05, 4.69) is 22.9 Å². The molecular weight excluding hydrogens is 258 g/mol. The van der Waals surface area contributed by atoms with Gasteiger partial charge in [-0.05, 0) is 46.1 Å². The summed E-state index contributed by atoms with van der Waals surface area (Å²) in [6.07, 6.45) is 0. The number of nitrogens with two attached hydrogens (primary N) is 1. The van der Waals surface area contributed by atoms with Crippen LogP contribution in [0.2, 0.25) is 0 Å². The molecule has 15 heavy (non-hydrogen) atoms. The predicted molar refractivity (Wildman–Crippen MR) is 64.7 cm³/mol. The lowest BCUT2D eigenvalue weighted by Crippen LogP contribution is -2.09. The van der Waals surface area contributed by atoms with Gasteiger partial charge >= 0.3 is 0 Å². The summed E-state index contributed by atoms with van der Waals surface area (Å²) in [5.41, 5.74) is 6.75. The molecular formula is C11H16BrNO2. The zero-order chi connectivity index (χ0) is 11.4. The standard InChI is InChI=1S/C11H16BrNO2/c1-7(6-13)8-4-9(14-2)11(12)10(5-8)15-3/h4-5,7H,6,13H2,1-3H3. The molecule has 1 aromatic carbocycles. The minimum Gasteiger partial charge on any atom is -0.495 e. The maximum absolute atomic E-state index is 5.63. The molecule has 0 aliphatic rings. The molecule has 1 aromatic rings. The summed E-state index contributed by atoms with van der Waals surface area (Å²) in [5.74, 6) is 1.83. The summed E-state index contributed by atoms with van der Waals surface area (Å²) >= 11 is 3.43. The minimum atomic E-state index is 0.292. The molecule has 0 amide bonds. The molecule has 0 radical (unpaired) electrons. The van der Waals surface area contributed by atoms with Crippen LogP contribution in [0.25, 0.3) is 0 Å². The first-order valence-electron chi connectivity index (χ1n) is 4.75. The van der Waals surface area contributed by atoms with Crippen LogP contribution in [0, 0.1) is 0 Å². The Balaban J connectivity index is 3.20. The Morgan fingerprint density at radius 3 is 2.07 bits per heavy atom. The smallest absolute Gasteiger partial charge is 0.137 e. The molecule has 4 heteroatoms. The zero-order valence-electron chi connectivity index (χ0n) is 9.21. The third kappa shape index (κ3) is 2.63. The number of hydrogen-bond acceptors (Lipinski definition) is 3. The van der Waals surface area contributed by atoms with Crippen molar-refractivity contribution in [1.29, 1.82) is 0 Å². The van der Waals surface area contributed by atoms with Crippen LogP contribution in [0.5, 0.6) is 11.5 Å². The van der Waals surface area contributed by atoms with Crippen LogP contribution in [0.3, 0.4) is 0 Å². The summed E-state index contributed by atoms with van der Waals surface area (Å²) in [5, 5.41) is 0. The van der Waals surface area contributed by atoms with Crippen molar-refractivity contribution in [3.05, 3.63) is 22.2 Å². The molecule has 84 valence electrons. The van der Waals surface area contributed by atoms with Crippen LogP contribution in [0.1, 0.15) is 18.4 Å². The van der Waals surface area contributed by atoms with Crippen LogP contribution >= 0.6 is 15.9 Å². The topological polar surface area (TPSA) is 44.5 Å². The van der Waals surface area contributed by atoms with E-state index in [9.17, 15) is 0 Å². The zero-order valence-corrected chi connectivity index (χ0v) is 10.8. The van der Waals surface area contributed by atoms with Gasteiger partial charge in [-0.1, -0.05) is 6.92 Å². The minimum absolute atomic E-state index is 0.292. The quantitative estimate of drug-likeness (QED) is 0.917. The summed E-state index contributed by atoms with van der Waals surface area (Å²) < 4.78 is 11.3. The maximum atomic E-state index is 5.63. The fourth-order valence-electron chi connectivity index (χ4n) is 1.31. The Hall–Kier alpha value is -0.740. The molecule has 0 aromatic heterocycles. The first kappa shape index (κ1) is 12.3. The maximum Gasteiger partial charge on any atom is 0.137 e. The summed E-state index contributed by atoms with van der Waals surface area (Å²) in [6, 6.07) is 3.95. The monoisotopic (exact) mass is 273 g/mol. The number of halogens is 1. The molecule has 0 aliphatic heterocycles. The SMILES string of the molecule is COc1cc(C(C)CN)cc(OC)c1Br. The van der Waals surface area contributed by atoms with Crippen LogP contribution in [-0.4, -0.2) is 20.8 Å². The van der Waals surface area contributed by atoms with E-state index in [1.165, 1.54) is 0 Å². The average Bonchev–Trinajstić information content (AvgIpc) is 2.28. The van der Waals surface area contributed by atoms with Crippen LogP contribution < -0.4 is 15.2 Å². The molecule has 1 unspecified atom stereocenters. The molecule has 0 saturated carbocycles. The van der Waals surface area contributed by atoms with Crippen molar-refractivity contribution < 1.29 is 9.47 Å². The van der Waals surface area contributed by atoms with E-state index < -0.39 is 0 Å². The Morgan fingerprint density at radius 1 is 1.27 bits per heavy atom. The van der Waals surface area contributed by atoms with Gasteiger partial charge in [-0.2, -0.15) is 0 Å². The van der Waals surface area contributed by atoms with Gasteiger partial charge < -0.3 is 15.2 Å². The van der Waals surface area contributed by atoms with Gasteiger partial charge in [0.2, 0.25) is 0 Å². The lowest BCUT2D eigenvalue weighted by molar-refractivity contribution is 0.388. The lowest BCUT2D eigenvalue weighted by atomic mass is 10.0. The number of benzene rings is 1. The van der Waals surface area contributed by atoms with E-state index >= 15 is 0 Å². The van der Waals surface area contributed by atoms with E-state index in [1.54, 1.807) is 14.2 Å². The van der Waals surface area contributed by atoms with Crippen molar-refractivity contribution in [3.63, 3.8) is 0 Å². The second kappa shape index (κ2) is 5.37.